The second kappa shape index (κ2) is 8.37. The molecule has 3 aromatic rings. The van der Waals surface area contributed by atoms with Crippen LogP contribution in [-0.2, 0) is 11.2 Å². The van der Waals surface area contributed by atoms with Crippen LogP contribution in [0.2, 0.25) is 0 Å². The fourth-order valence-corrected chi connectivity index (χ4v) is 4.49. The third-order valence-electron chi connectivity index (χ3n) is 5.51. The number of nitrogens with one attached hydrogen (secondary N) is 1. The second-order valence-corrected chi connectivity index (χ2v) is 8.86. The molecule has 1 aliphatic rings. The standard InChI is InChI=1S/C22H25N5OS/c1-14-11-12-18(13-15(14)2)27-22(24-25-26-27)29-16(3)21(28)23-20-10-6-8-17-7-4-5-9-19(17)20/h4-5,7,9,11-13,16,20H,6,8,10H2,1-3H3,(H,23,28)/t16-,20+/m1/s1. The number of amides is 1. The SMILES string of the molecule is Cc1ccc(-n2nnnc2S[C@H](C)C(=O)N[C@H]2CCCc3ccccc32)cc1C. The van der Waals surface area contributed by atoms with E-state index in [-0.39, 0.29) is 17.2 Å². The van der Waals surface area contributed by atoms with Gasteiger partial charge in [-0.3, -0.25) is 4.79 Å². The number of thioether (sulfide) groups is 1. The molecule has 1 amide bonds. The van der Waals surface area contributed by atoms with Gasteiger partial charge in [-0.1, -0.05) is 42.1 Å². The third kappa shape index (κ3) is 4.19. The Kier molecular flexibility index (Phi) is 5.67. The summed E-state index contributed by atoms with van der Waals surface area (Å²) in [6.45, 7) is 6.03. The molecule has 29 heavy (non-hydrogen) atoms. The zero-order valence-corrected chi connectivity index (χ0v) is 17.7. The van der Waals surface area contributed by atoms with E-state index in [1.165, 1.54) is 34.0 Å². The molecule has 0 fully saturated rings. The van der Waals surface area contributed by atoms with E-state index in [2.05, 4.69) is 65.0 Å². The van der Waals surface area contributed by atoms with Crippen LogP contribution < -0.4 is 5.32 Å². The van der Waals surface area contributed by atoms with Crippen molar-refractivity contribution in [2.24, 2.45) is 0 Å². The summed E-state index contributed by atoms with van der Waals surface area (Å²) < 4.78 is 1.69. The van der Waals surface area contributed by atoms with Crippen LogP contribution in [0, 0.1) is 13.8 Å². The van der Waals surface area contributed by atoms with Gasteiger partial charge in [0.15, 0.2) is 0 Å². The molecular formula is C22H25N5OS. The maximum Gasteiger partial charge on any atom is 0.233 e. The summed E-state index contributed by atoms with van der Waals surface area (Å²) in [6, 6.07) is 14.6. The molecule has 7 heteroatoms. The van der Waals surface area contributed by atoms with E-state index in [0.717, 1.165) is 24.9 Å². The summed E-state index contributed by atoms with van der Waals surface area (Å²) in [5, 5.41) is 15.6. The van der Waals surface area contributed by atoms with Crippen molar-refractivity contribution < 1.29 is 4.79 Å². The van der Waals surface area contributed by atoms with Crippen molar-refractivity contribution in [3.05, 3.63) is 64.7 Å². The highest BCUT2D eigenvalue weighted by atomic mass is 32.2. The van der Waals surface area contributed by atoms with Crippen molar-refractivity contribution in [2.45, 2.75) is 56.5 Å². The molecule has 1 aromatic heterocycles. The normalized spacial score (nSPS) is 16.9. The highest BCUT2D eigenvalue weighted by molar-refractivity contribution is 8.00. The maximum absolute atomic E-state index is 12.9. The summed E-state index contributed by atoms with van der Waals surface area (Å²) in [5.74, 6) is 0.00587. The first-order chi connectivity index (χ1) is 14.0. The molecule has 0 saturated carbocycles. The van der Waals surface area contributed by atoms with Crippen LogP contribution in [0.25, 0.3) is 5.69 Å². The Morgan fingerprint density at radius 2 is 2.03 bits per heavy atom. The van der Waals surface area contributed by atoms with Gasteiger partial charge in [-0.05, 0) is 84.8 Å². The average molecular weight is 408 g/mol. The largest absolute Gasteiger partial charge is 0.348 e. The lowest BCUT2D eigenvalue weighted by molar-refractivity contribution is -0.121. The van der Waals surface area contributed by atoms with Crippen molar-refractivity contribution >= 4 is 17.7 Å². The zero-order valence-electron chi connectivity index (χ0n) is 16.9. The maximum atomic E-state index is 12.9. The molecule has 0 aliphatic heterocycles. The molecule has 6 nitrogen and oxygen atoms in total. The second-order valence-electron chi connectivity index (χ2n) is 7.55. The first-order valence-electron chi connectivity index (χ1n) is 9.94. The van der Waals surface area contributed by atoms with Crippen LogP contribution in [0.15, 0.2) is 47.6 Å². The summed E-state index contributed by atoms with van der Waals surface area (Å²) in [5.41, 5.74) is 5.87. The predicted molar refractivity (Wildman–Crippen MR) is 114 cm³/mol. The smallest absolute Gasteiger partial charge is 0.233 e. The zero-order chi connectivity index (χ0) is 20.4. The number of hydrogen-bond donors (Lipinski definition) is 1. The van der Waals surface area contributed by atoms with Gasteiger partial charge in [0, 0.05) is 0 Å². The molecule has 4 rings (SSSR count). The number of tetrazole rings is 1. The molecular weight excluding hydrogens is 382 g/mol. The molecule has 1 heterocycles. The molecule has 1 aliphatic carbocycles. The molecule has 0 spiro atoms. The third-order valence-corrected chi connectivity index (χ3v) is 6.55. The number of benzene rings is 2. The van der Waals surface area contributed by atoms with Gasteiger partial charge in [0.2, 0.25) is 11.1 Å². The van der Waals surface area contributed by atoms with Crippen LogP contribution in [0.3, 0.4) is 0 Å². The lowest BCUT2D eigenvalue weighted by atomic mass is 9.88. The van der Waals surface area contributed by atoms with Gasteiger partial charge < -0.3 is 5.32 Å². The summed E-state index contributed by atoms with van der Waals surface area (Å²) in [4.78, 5) is 12.9. The van der Waals surface area contributed by atoms with Crippen LogP contribution in [0.4, 0.5) is 0 Å². The first kappa shape index (κ1) is 19.6. The number of aromatic nitrogens is 4. The van der Waals surface area contributed by atoms with Gasteiger partial charge in [-0.25, -0.2) is 0 Å². The van der Waals surface area contributed by atoms with Crippen molar-refractivity contribution in [1.29, 1.82) is 0 Å². The quantitative estimate of drug-likeness (QED) is 0.648. The fraction of sp³-hybridized carbons (Fsp3) is 0.364. The van der Waals surface area contributed by atoms with E-state index in [9.17, 15) is 4.79 Å². The molecule has 0 radical (unpaired) electrons. The van der Waals surface area contributed by atoms with Gasteiger partial charge >= 0.3 is 0 Å². The van der Waals surface area contributed by atoms with Gasteiger partial charge in [0.25, 0.3) is 0 Å². The topological polar surface area (TPSA) is 72.7 Å². The minimum Gasteiger partial charge on any atom is -0.348 e. The van der Waals surface area contributed by atoms with Gasteiger partial charge in [-0.15, -0.1) is 5.10 Å². The summed E-state index contributed by atoms with van der Waals surface area (Å²) >= 11 is 1.37. The molecule has 2 atom stereocenters. The van der Waals surface area contributed by atoms with Gasteiger partial charge in [0.05, 0.1) is 17.0 Å². The number of aryl methyl sites for hydroxylation is 3. The Labute approximate surface area is 175 Å². The highest BCUT2D eigenvalue weighted by Gasteiger charge is 2.25. The lowest BCUT2D eigenvalue weighted by Gasteiger charge is -2.27. The molecule has 0 bridgehead atoms. The molecule has 150 valence electrons. The molecule has 0 saturated heterocycles. The van der Waals surface area contributed by atoms with Crippen LogP contribution in [0.5, 0.6) is 0 Å². The number of carbonyl (C=O) groups excluding carboxylic acids is 1. The van der Waals surface area contributed by atoms with Crippen LogP contribution >= 0.6 is 11.8 Å². The Morgan fingerprint density at radius 3 is 2.86 bits per heavy atom. The average Bonchev–Trinajstić information content (AvgIpc) is 3.18. The van der Waals surface area contributed by atoms with E-state index < -0.39 is 0 Å². The number of hydrogen-bond acceptors (Lipinski definition) is 5. The van der Waals surface area contributed by atoms with Crippen LogP contribution in [-0.4, -0.2) is 31.4 Å². The molecule has 2 aromatic carbocycles. The Morgan fingerprint density at radius 1 is 1.21 bits per heavy atom. The Hall–Kier alpha value is -2.67. The van der Waals surface area contributed by atoms with Crippen molar-refractivity contribution in [3.8, 4) is 5.69 Å². The minimum atomic E-state index is -0.305. The van der Waals surface area contributed by atoms with E-state index in [1.807, 2.05) is 19.1 Å². The summed E-state index contributed by atoms with van der Waals surface area (Å²) in [6.07, 6.45) is 3.15. The van der Waals surface area contributed by atoms with Gasteiger partial charge in [0.1, 0.15) is 0 Å². The lowest BCUT2D eigenvalue weighted by Crippen LogP contribution is -2.36. The fourth-order valence-electron chi connectivity index (χ4n) is 3.68. The number of fused-ring (bicyclic) bond motifs is 1. The molecule has 0 unspecified atom stereocenters. The number of rotatable bonds is 5. The Bertz CT molecular complexity index is 1030. The number of nitrogens with zero attached hydrogens (tertiary/aromatic N) is 4. The highest BCUT2D eigenvalue weighted by Crippen LogP contribution is 2.30. The van der Waals surface area contributed by atoms with E-state index in [0.29, 0.717) is 5.16 Å². The number of carbonyl (C=O) groups is 1. The molecule has 1 N–H and O–H groups in total. The van der Waals surface area contributed by atoms with E-state index >= 15 is 0 Å². The first-order valence-corrected chi connectivity index (χ1v) is 10.8. The van der Waals surface area contributed by atoms with Crippen LogP contribution in [0.1, 0.15) is 48.1 Å². The predicted octanol–water partition coefficient (Wildman–Crippen LogP) is 3.95. The van der Waals surface area contributed by atoms with Gasteiger partial charge in [-0.2, -0.15) is 4.68 Å². The Balaban J connectivity index is 1.47. The monoisotopic (exact) mass is 407 g/mol. The van der Waals surface area contributed by atoms with E-state index in [1.54, 1.807) is 4.68 Å². The summed E-state index contributed by atoms with van der Waals surface area (Å²) in [7, 11) is 0. The van der Waals surface area contributed by atoms with Crippen molar-refractivity contribution in [2.75, 3.05) is 0 Å². The van der Waals surface area contributed by atoms with Crippen molar-refractivity contribution in [1.82, 2.24) is 25.5 Å². The van der Waals surface area contributed by atoms with Crippen molar-refractivity contribution in [3.63, 3.8) is 0 Å². The minimum absolute atomic E-state index is 0.00587. The van der Waals surface area contributed by atoms with E-state index in [4.69, 9.17) is 0 Å².